The molecular formula is C27H30O11. The molecule has 2 atom stereocenters. The Bertz CT molecular complexity index is 1210. The van der Waals surface area contributed by atoms with Gasteiger partial charge < -0.3 is 33.2 Å². The van der Waals surface area contributed by atoms with Crippen molar-refractivity contribution in [3.05, 3.63) is 41.5 Å². The average molecular weight is 531 g/mol. The van der Waals surface area contributed by atoms with Crippen LogP contribution in [0.3, 0.4) is 0 Å². The molecule has 2 aromatic carbocycles. The van der Waals surface area contributed by atoms with E-state index in [0.29, 0.717) is 11.3 Å². The summed E-state index contributed by atoms with van der Waals surface area (Å²) in [5.74, 6) is -1.94. The van der Waals surface area contributed by atoms with Gasteiger partial charge in [-0.25, -0.2) is 4.79 Å². The maximum absolute atomic E-state index is 13.1. The molecular weight excluding hydrogens is 500 g/mol. The van der Waals surface area contributed by atoms with Gasteiger partial charge in [0.05, 0.1) is 27.9 Å². The third-order valence-electron chi connectivity index (χ3n) is 5.94. The maximum Gasteiger partial charge on any atom is 0.351 e. The van der Waals surface area contributed by atoms with Crippen molar-refractivity contribution in [3.8, 4) is 28.7 Å². The summed E-state index contributed by atoms with van der Waals surface area (Å²) in [4.78, 5) is 48.3. The first-order valence-corrected chi connectivity index (χ1v) is 11.7. The molecule has 0 amide bonds. The quantitative estimate of drug-likeness (QED) is 0.332. The molecule has 0 radical (unpaired) electrons. The number of carbonyl (C=O) groups is 4. The van der Waals surface area contributed by atoms with Gasteiger partial charge >= 0.3 is 23.9 Å². The number of benzene rings is 2. The predicted octanol–water partition coefficient (Wildman–Crippen LogP) is 2.82. The van der Waals surface area contributed by atoms with Crippen LogP contribution in [0.15, 0.2) is 30.3 Å². The number of rotatable bonds is 10. The Balaban J connectivity index is 2.02. The van der Waals surface area contributed by atoms with Crippen LogP contribution in [0.1, 0.15) is 31.9 Å². The molecule has 1 aliphatic rings. The molecule has 11 heteroatoms. The Kier molecular flexibility index (Phi) is 8.82. The van der Waals surface area contributed by atoms with Crippen molar-refractivity contribution < 1.29 is 52.3 Å². The van der Waals surface area contributed by atoms with E-state index in [9.17, 15) is 19.2 Å². The van der Waals surface area contributed by atoms with E-state index in [0.717, 1.165) is 5.56 Å². The van der Waals surface area contributed by atoms with Crippen LogP contribution in [-0.2, 0) is 41.5 Å². The zero-order chi connectivity index (χ0) is 28.0. The van der Waals surface area contributed by atoms with Crippen LogP contribution >= 0.6 is 0 Å². The summed E-state index contributed by atoms with van der Waals surface area (Å²) in [6.07, 6.45) is 0.210. The Labute approximate surface area is 219 Å². The van der Waals surface area contributed by atoms with E-state index in [1.165, 1.54) is 42.1 Å². The van der Waals surface area contributed by atoms with Gasteiger partial charge in [-0.05, 0) is 41.8 Å². The van der Waals surface area contributed by atoms with Crippen molar-refractivity contribution in [1.82, 2.24) is 0 Å². The van der Waals surface area contributed by atoms with Gasteiger partial charge in [0.2, 0.25) is 11.4 Å². The molecule has 1 fully saturated rings. The third-order valence-corrected chi connectivity index (χ3v) is 5.94. The summed E-state index contributed by atoms with van der Waals surface area (Å²) >= 11 is 0. The van der Waals surface area contributed by atoms with Crippen LogP contribution in [0.5, 0.6) is 28.7 Å². The molecule has 0 aliphatic carbocycles. The summed E-state index contributed by atoms with van der Waals surface area (Å²) in [6, 6.07) is 8.14. The maximum atomic E-state index is 13.1. The van der Waals surface area contributed by atoms with Gasteiger partial charge in [-0.15, -0.1) is 0 Å². The molecule has 0 spiro atoms. The zero-order valence-corrected chi connectivity index (χ0v) is 22.1. The lowest BCUT2D eigenvalue weighted by atomic mass is 9.80. The third kappa shape index (κ3) is 6.16. The number of esters is 4. The molecule has 2 aromatic rings. The molecule has 3 rings (SSSR count). The van der Waals surface area contributed by atoms with E-state index < -0.39 is 35.4 Å². The van der Waals surface area contributed by atoms with Gasteiger partial charge in [-0.3, -0.25) is 14.4 Å². The molecule has 1 saturated heterocycles. The molecule has 0 bridgehead atoms. The Morgan fingerprint density at radius 1 is 0.816 bits per heavy atom. The van der Waals surface area contributed by atoms with Crippen molar-refractivity contribution >= 4 is 23.9 Å². The summed E-state index contributed by atoms with van der Waals surface area (Å²) < 4.78 is 37.6. The molecule has 38 heavy (non-hydrogen) atoms. The second kappa shape index (κ2) is 11.8. The van der Waals surface area contributed by atoms with Gasteiger partial charge in [0.1, 0.15) is 0 Å². The molecule has 0 N–H and O–H groups in total. The first-order chi connectivity index (χ1) is 18.0. The number of hydrogen-bond acceptors (Lipinski definition) is 11. The largest absolute Gasteiger partial charge is 0.493 e. The fourth-order valence-electron chi connectivity index (χ4n) is 4.40. The normalized spacial score (nSPS) is 18.3. The highest BCUT2D eigenvalue weighted by Gasteiger charge is 2.55. The monoisotopic (exact) mass is 530 g/mol. The van der Waals surface area contributed by atoms with E-state index in [1.54, 1.807) is 30.3 Å². The fourth-order valence-corrected chi connectivity index (χ4v) is 4.40. The van der Waals surface area contributed by atoms with E-state index in [1.807, 2.05) is 0 Å². The number of methoxy groups -OCH3 is 3. The molecule has 0 unspecified atom stereocenters. The summed E-state index contributed by atoms with van der Waals surface area (Å²) in [5.41, 5.74) is -0.410. The van der Waals surface area contributed by atoms with Crippen molar-refractivity contribution in [3.63, 3.8) is 0 Å². The van der Waals surface area contributed by atoms with Gasteiger partial charge in [-0.2, -0.15) is 0 Å². The summed E-state index contributed by atoms with van der Waals surface area (Å²) in [5, 5.41) is 0. The minimum Gasteiger partial charge on any atom is -0.493 e. The number of carbonyl (C=O) groups excluding carboxylic acids is 4. The lowest BCUT2D eigenvalue weighted by Crippen LogP contribution is -2.48. The summed E-state index contributed by atoms with van der Waals surface area (Å²) in [7, 11) is 4.23. The first kappa shape index (κ1) is 28.3. The fraction of sp³-hybridized carbons (Fsp3) is 0.407. The van der Waals surface area contributed by atoms with E-state index in [-0.39, 0.29) is 42.4 Å². The Morgan fingerprint density at radius 3 is 1.92 bits per heavy atom. The van der Waals surface area contributed by atoms with Gasteiger partial charge in [0.25, 0.3) is 0 Å². The molecule has 0 saturated carbocycles. The van der Waals surface area contributed by atoms with Crippen LogP contribution in [0.2, 0.25) is 0 Å². The molecule has 1 aliphatic heterocycles. The van der Waals surface area contributed by atoms with Gasteiger partial charge in [0, 0.05) is 33.1 Å². The van der Waals surface area contributed by atoms with E-state index in [2.05, 4.69) is 0 Å². The second-order valence-corrected chi connectivity index (χ2v) is 8.66. The predicted molar refractivity (Wildman–Crippen MR) is 132 cm³/mol. The van der Waals surface area contributed by atoms with Crippen LogP contribution in [0, 0.1) is 5.92 Å². The smallest absolute Gasteiger partial charge is 0.351 e. The van der Waals surface area contributed by atoms with E-state index >= 15 is 0 Å². The topological polar surface area (TPSA) is 133 Å². The lowest BCUT2D eigenvalue weighted by molar-refractivity contribution is -0.174. The lowest BCUT2D eigenvalue weighted by Gasteiger charge is -2.31. The zero-order valence-electron chi connectivity index (χ0n) is 22.1. The standard InChI is InChI=1S/C27H30O11/c1-15(28)36-21-8-7-18(10-22(21)32-4)9-20-14-35-26(31)27(20,38-17(3)30)13-19-11-23(33-5)25(37-16(2)29)24(12-19)34-6/h7-8,10-12,20H,9,13-14H2,1-6H3/t20-,27-/m0/s1. The van der Waals surface area contributed by atoms with Crippen LogP contribution in [-0.4, -0.2) is 57.4 Å². The van der Waals surface area contributed by atoms with Crippen LogP contribution in [0.25, 0.3) is 0 Å². The molecule has 11 nitrogen and oxygen atoms in total. The summed E-state index contributed by atoms with van der Waals surface area (Å²) in [6.45, 7) is 3.74. The van der Waals surface area contributed by atoms with Crippen molar-refractivity contribution in [2.45, 2.75) is 39.2 Å². The minimum atomic E-state index is -1.66. The van der Waals surface area contributed by atoms with Gasteiger partial charge in [-0.1, -0.05) is 6.07 Å². The van der Waals surface area contributed by atoms with Gasteiger partial charge in [0.15, 0.2) is 23.0 Å². The minimum absolute atomic E-state index is 0.0000722. The van der Waals surface area contributed by atoms with Crippen LogP contribution < -0.4 is 23.7 Å². The first-order valence-electron chi connectivity index (χ1n) is 11.7. The number of hydrogen-bond donors (Lipinski definition) is 0. The van der Waals surface area contributed by atoms with Crippen molar-refractivity contribution in [1.29, 1.82) is 0 Å². The Morgan fingerprint density at radius 2 is 1.39 bits per heavy atom. The highest BCUT2D eigenvalue weighted by Crippen LogP contribution is 2.43. The van der Waals surface area contributed by atoms with Crippen LogP contribution in [0.4, 0.5) is 0 Å². The average Bonchev–Trinajstić information content (AvgIpc) is 3.13. The number of ether oxygens (including phenoxy) is 7. The van der Waals surface area contributed by atoms with E-state index in [4.69, 9.17) is 33.2 Å². The highest BCUT2D eigenvalue weighted by molar-refractivity contribution is 5.86. The van der Waals surface area contributed by atoms with Crippen molar-refractivity contribution in [2.75, 3.05) is 27.9 Å². The molecule has 204 valence electrons. The molecule has 0 aromatic heterocycles. The number of cyclic esters (lactones) is 1. The molecule has 1 heterocycles. The second-order valence-electron chi connectivity index (χ2n) is 8.66. The SMILES string of the molecule is COc1cc(C[C@H]2COC(=O)[C@@]2(Cc2cc(OC)c(OC(C)=O)c(OC)c2)OC(C)=O)ccc1OC(C)=O. The highest BCUT2D eigenvalue weighted by atomic mass is 16.6. The Hall–Kier alpha value is -4.28. The van der Waals surface area contributed by atoms with Crippen molar-refractivity contribution in [2.24, 2.45) is 5.92 Å².